The topological polar surface area (TPSA) is 46.3 Å². The number of anilines is 1. The average molecular weight is 234 g/mol. The molecule has 16 heavy (non-hydrogen) atoms. The van der Waals surface area contributed by atoms with E-state index in [1.807, 2.05) is 29.2 Å². The minimum Gasteiger partial charge on any atom is -0.389 e. The van der Waals surface area contributed by atoms with Gasteiger partial charge in [0.15, 0.2) is 0 Å². The van der Waals surface area contributed by atoms with E-state index in [4.69, 9.17) is 18.0 Å². The van der Waals surface area contributed by atoms with Gasteiger partial charge in [0, 0.05) is 24.2 Å². The summed E-state index contributed by atoms with van der Waals surface area (Å²) in [5.41, 5.74) is 7.29. The van der Waals surface area contributed by atoms with Crippen molar-refractivity contribution in [3.63, 3.8) is 0 Å². The minimum absolute atomic E-state index is 0.203. The van der Waals surface area contributed by atoms with Crippen LogP contribution in [0.2, 0.25) is 0 Å². The molecule has 1 heterocycles. The van der Waals surface area contributed by atoms with Crippen molar-refractivity contribution < 1.29 is 4.79 Å². The van der Waals surface area contributed by atoms with Crippen molar-refractivity contribution in [2.24, 2.45) is 5.73 Å². The number of nitrogens with zero attached hydrogens (tertiary/aromatic N) is 1. The van der Waals surface area contributed by atoms with Crippen molar-refractivity contribution in [1.29, 1.82) is 0 Å². The Morgan fingerprint density at radius 3 is 2.50 bits per heavy atom. The number of benzene rings is 1. The molecule has 1 aliphatic rings. The summed E-state index contributed by atoms with van der Waals surface area (Å²) in [7, 11) is 0. The van der Waals surface area contributed by atoms with E-state index in [0.29, 0.717) is 11.4 Å². The molecule has 3 nitrogen and oxygen atoms in total. The van der Waals surface area contributed by atoms with Crippen molar-refractivity contribution >= 4 is 28.8 Å². The zero-order valence-electron chi connectivity index (χ0n) is 8.98. The number of hydrogen-bond donors (Lipinski definition) is 1. The van der Waals surface area contributed by atoms with Gasteiger partial charge in [0.25, 0.3) is 0 Å². The molecule has 0 radical (unpaired) electrons. The molecule has 0 aromatic heterocycles. The maximum atomic E-state index is 11.7. The van der Waals surface area contributed by atoms with Crippen LogP contribution in [0.1, 0.15) is 24.8 Å². The molecule has 0 bridgehead atoms. The van der Waals surface area contributed by atoms with E-state index in [2.05, 4.69) is 0 Å². The average Bonchev–Trinajstić information content (AvgIpc) is 2.30. The Balaban J connectivity index is 2.20. The molecule has 2 rings (SSSR count). The van der Waals surface area contributed by atoms with Crippen LogP contribution in [0.5, 0.6) is 0 Å². The van der Waals surface area contributed by atoms with Gasteiger partial charge in [-0.05, 0) is 37.1 Å². The van der Waals surface area contributed by atoms with Crippen LogP contribution in [-0.2, 0) is 4.79 Å². The van der Waals surface area contributed by atoms with E-state index in [9.17, 15) is 4.79 Å². The normalized spacial score (nSPS) is 16.2. The number of carbonyl (C=O) groups is 1. The van der Waals surface area contributed by atoms with Gasteiger partial charge in [-0.25, -0.2) is 0 Å². The quantitative estimate of drug-likeness (QED) is 0.794. The van der Waals surface area contributed by atoms with Crippen LogP contribution in [0.25, 0.3) is 0 Å². The Morgan fingerprint density at radius 1 is 1.25 bits per heavy atom. The van der Waals surface area contributed by atoms with E-state index < -0.39 is 0 Å². The molecule has 0 atom stereocenters. The largest absolute Gasteiger partial charge is 0.389 e. The number of hydrogen-bond acceptors (Lipinski definition) is 2. The summed E-state index contributed by atoms with van der Waals surface area (Å²) in [6, 6.07) is 7.52. The van der Waals surface area contributed by atoms with Crippen molar-refractivity contribution in [3.05, 3.63) is 29.8 Å². The fraction of sp³-hybridized carbons (Fsp3) is 0.333. The fourth-order valence-corrected chi connectivity index (χ4v) is 2.02. The second-order valence-electron chi connectivity index (χ2n) is 3.91. The highest BCUT2D eigenvalue weighted by molar-refractivity contribution is 7.80. The van der Waals surface area contributed by atoms with Gasteiger partial charge < -0.3 is 10.6 Å². The molecule has 1 saturated heterocycles. The third-order valence-electron chi connectivity index (χ3n) is 2.79. The van der Waals surface area contributed by atoms with E-state index in [0.717, 1.165) is 30.6 Å². The molecule has 0 saturated carbocycles. The second kappa shape index (κ2) is 4.61. The highest BCUT2D eigenvalue weighted by Crippen LogP contribution is 2.21. The summed E-state index contributed by atoms with van der Waals surface area (Å²) in [6.07, 6.45) is 2.72. The summed E-state index contributed by atoms with van der Waals surface area (Å²) in [4.78, 5) is 13.9. The maximum absolute atomic E-state index is 11.7. The Kier molecular flexibility index (Phi) is 3.19. The molecule has 0 unspecified atom stereocenters. The van der Waals surface area contributed by atoms with Crippen LogP contribution in [0.15, 0.2) is 24.3 Å². The Labute approximate surface area is 100 Å². The van der Waals surface area contributed by atoms with Crippen molar-refractivity contribution in [2.45, 2.75) is 19.3 Å². The molecule has 1 fully saturated rings. The van der Waals surface area contributed by atoms with E-state index in [1.165, 1.54) is 0 Å². The Hall–Kier alpha value is -1.42. The SMILES string of the molecule is NC(=S)c1ccc(N2CCCCC2=O)cc1. The maximum Gasteiger partial charge on any atom is 0.226 e. The van der Waals surface area contributed by atoms with Crippen LogP contribution in [0, 0.1) is 0 Å². The second-order valence-corrected chi connectivity index (χ2v) is 4.35. The zero-order valence-corrected chi connectivity index (χ0v) is 9.80. The monoisotopic (exact) mass is 234 g/mol. The zero-order chi connectivity index (χ0) is 11.5. The van der Waals surface area contributed by atoms with Gasteiger partial charge in [0.05, 0.1) is 0 Å². The highest BCUT2D eigenvalue weighted by Gasteiger charge is 2.19. The van der Waals surface area contributed by atoms with E-state index >= 15 is 0 Å². The van der Waals surface area contributed by atoms with Crippen LogP contribution >= 0.6 is 12.2 Å². The molecule has 1 aromatic carbocycles. The molecule has 1 amide bonds. The van der Waals surface area contributed by atoms with Gasteiger partial charge in [-0.2, -0.15) is 0 Å². The predicted octanol–water partition coefficient (Wildman–Crippen LogP) is 1.84. The number of carbonyl (C=O) groups excluding carboxylic acids is 1. The van der Waals surface area contributed by atoms with Gasteiger partial charge in [0.2, 0.25) is 5.91 Å². The van der Waals surface area contributed by atoms with E-state index in [-0.39, 0.29) is 5.91 Å². The van der Waals surface area contributed by atoms with Crippen LogP contribution in [0.4, 0.5) is 5.69 Å². The van der Waals surface area contributed by atoms with Crippen molar-refractivity contribution in [2.75, 3.05) is 11.4 Å². The number of thiocarbonyl (C=S) groups is 1. The lowest BCUT2D eigenvalue weighted by molar-refractivity contribution is -0.119. The molecule has 84 valence electrons. The number of rotatable bonds is 2. The predicted molar refractivity (Wildman–Crippen MR) is 68.5 cm³/mol. The molecule has 4 heteroatoms. The lowest BCUT2D eigenvalue weighted by Crippen LogP contribution is -2.35. The third kappa shape index (κ3) is 2.22. The first-order chi connectivity index (χ1) is 7.68. The molecule has 1 aromatic rings. The summed E-state index contributed by atoms with van der Waals surface area (Å²) >= 11 is 4.88. The van der Waals surface area contributed by atoms with Crippen LogP contribution in [-0.4, -0.2) is 17.4 Å². The van der Waals surface area contributed by atoms with Crippen molar-refractivity contribution in [1.82, 2.24) is 0 Å². The first kappa shape index (κ1) is 11.1. The first-order valence-corrected chi connectivity index (χ1v) is 5.79. The van der Waals surface area contributed by atoms with Gasteiger partial charge in [-0.1, -0.05) is 12.2 Å². The minimum atomic E-state index is 0.203. The lowest BCUT2D eigenvalue weighted by Gasteiger charge is -2.26. The summed E-state index contributed by atoms with van der Waals surface area (Å²) in [5, 5.41) is 0. The highest BCUT2D eigenvalue weighted by atomic mass is 32.1. The van der Waals surface area contributed by atoms with Gasteiger partial charge in [-0.15, -0.1) is 0 Å². The summed E-state index contributed by atoms with van der Waals surface area (Å²) in [5.74, 6) is 0.203. The lowest BCUT2D eigenvalue weighted by atomic mass is 10.1. The fourth-order valence-electron chi connectivity index (χ4n) is 1.88. The molecular weight excluding hydrogens is 220 g/mol. The molecule has 1 aliphatic heterocycles. The standard InChI is InChI=1S/C12H14N2OS/c13-12(16)9-4-6-10(7-5-9)14-8-2-1-3-11(14)15/h4-7H,1-3,8H2,(H2,13,16). The van der Waals surface area contributed by atoms with Crippen LogP contribution in [0.3, 0.4) is 0 Å². The number of piperidine rings is 1. The Bertz CT molecular complexity index is 414. The molecule has 2 N–H and O–H groups in total. The summed E-state index contributed by atoms with van der Waals surface area (Å²) < 4.78 is 0. The van der Waals surface area contributed by atoms with Crippen LogP contribution < -0.4 is 10.6 Å². The van der Waals surface area contributed by atoms with Gasteiger partial charge >= 0.3 is 0 Å². The molecular formula is C12H14N2OS. The summed E-state index contributed by atoms with van der Waals surface area (Å²) in [6.45, 7) is 0.811. The number of nitrogens with two attached hydrogens (primary N) is 1. The molecule has 0 aliphatic carbocycles. The molecule has 0 spiro atoms. The third-order valence-corrected chi connectivity index (χ3v) is 3.02. The van der Waals surface area contributed by atoms with Gasteiger partial charge in [-0.3, -0.25) is 4.79 Å². The van der Waals surface area contributed by atoms with Gasteiger partial charge in [0.1, 0.15) is 4.99 Å². The smallest absolute Gasteiger partial charge is 0.226 e. The first-order valence-electron chi connectivity index (χ1n) is 5.39. The number of amides is 1. The Morgan fingerprint density at radius 2 is 1.94 bits per heavy atom. The van der Waals surface area contributed by atoms with Crippen molar-refractivity contribution in [3.8, 4) is 0 Å². The van der Waals surface area contributed by atoms with E-state index in [1.54, 1.807) is 0 Å².